The van der Waals surface area contributed by atoms with E-state index in [0.29, 0.717) is 0 Å². The topological polar surface area (TPSA) is 41.7 Å². The fraction of sp³-hybridized carbons (Fsp3) is 0.200. The average Bonchev–Trinajstić information content (AvgIpc) is 2.90. The Labute approximate surface area is 113 Å². The van der Waals surface area contributed by atoms with Crippen molar-refractivity contribution >= 4 is 11.4 Å². The highest BCUT2D eigenvalue weighted by Gasteiger charge is 2.06. The first-order chi connectivity index (χ1) is 9.15. The number of aromatic nitrogens is 2. The van der Waals surface area contributed by atoms with Crippen LogP contribution in [0.25, 0.3) is 5.52 Å². The molecule has 1 N–H and O–H groups in total. The Morgan fingerprint density at radius 3 is 2.95 bits per heavy atom. The first-order valence-corrected chi connectivity index (χ1v) is 6.12. The molecule has 0 saturated carbocycles. The third-order valence-electron chi connectivity index (χ3n) is 3.09. The van der Waals surface area contributed by atoms with Crippen LogP contribution in [-0.2, 0) is 0 Å². The molecule has 0 aromatic carbocycles. The quantitative estimate of drug-likeness (QED) is 0.520. The van der Waals surface area contributed by atoms with Crippen molar-refractivity contribution in [3.8, 4) is 0 Å². The van der Waals surface area contributed by atoms with Crippen LogP contribution in [0.2, 0.25) is 0 Å². The normalized spacial score (nSPS) is 13.3. The molecule has 2 aromatic rings. The van der Waals surface area contributed by atoms with Crippen molar-refractivity contribution in [3.63, 3.8) is 0 Å². The number of hydrogen-bond donors (Lipinski definition) is 1. The summed E-state index contributed by atoms with van der Waals surface area (Å²) in [6, 6.07) is 6.03. The van der Waals surface area contributed by atoms with E-state index >= 15 is 0 Å². The van der Waals surface area contributed by atoms with Crippen LogP contribution in [0.4, 0.5) is 0 Å². The van der Waals surface area contributed by atoms with Crippen molar-refractivity contribution in [3.05, 3.63) is 60.3 Å². The van der Waals surface area contributed by atoms with Crippen LogP contribution in [0.3, 0.4) is 0 Å². The fourth-order valence-electron chi connectivity index (χ4n) is 1.73. The van der Waals surface area contributed by atoms with Gasteiger partial charge in [-0.05, 0) is 37.6 Å². The van der Waals surface area contributed by atoms with Gasteiger partial charge in [0.05, 0.1) is 6.33 Å². The van der Waals surface area contributed by atoms with E-state index in [2.05, 4.69) is 21.9 Å². The molecule has 0 spiro atoms. The maximum Gasteiger partial charge on any atom is 0.151 e. The molecular weight excluding hydrogens is 236 g/mol. The van der Waals surface area contributed by atoms with E-state index in [-0.39, 0.29) is 0 Å². The minimum Gasteiger partial charge on any atom is -0.342 e. The van der Waals surface area contributed by atoms with Crippen LogP contribution in [0, 0.1) is 0 Å². The van der Waals surface area contributed by atoms with Gasteiger partial charge in [-0.3, -0.25) is 4.99 Å². The van der Waals surface area contributed by atoms with Gasteiger partial charge in [0.15, 0.2) is 5.84 Å². The van der Waals surface area contributed by atoms with Crippen molar-refractivity contribution in [1.29, 1.82) is 0 Å². The van der Waals surface area contributed by atoms with Gasteiger partial charge in [0.25, 0.3) is 0 Å². The lowest BCUT2D eigenvalue weighted by Gasteiger charge is -2.11. The maximum absolute atomic E-state index is 4.41. The van der Waals surface area contributed by atoms with Gasteiger partial charge in [0.1, 0.15) is 5.69 Å². The fourth-order valence-corrected chi connectivity index (χ4v) is 1.73. The van der Waals surface area contributed by atoms with Gasteiger partial charge < -0.3 is 9.72 Å². The number of fused-ring (bicyclic) bond motifs is 1. The van der Waals surface area contributed by atoms with E-state index in [4.69, 9.17) is 0 Å². The predicted octanol–water partition coefficient (Wildman–Crippen LogP) is 2.78. The van der Waals surface area contributed by atoms with Gasteiger partial charge in [-0.15, -0.1) is 0 Å². The molecule has 0 fully saturated rings. The first kappa shape index (κ1) is 13.1. The molecule has 0 aliphatic rings. The predicted molar refractivity (Wildman–Crippen MR) is 79.4 cm³/mol. The van der Waals surface area contributed by atoms with Crippen LogP contribution >= 0.6 is 0 Å². The molecule has 4 heteroatoms. The smallest absolute Gasteiger partial charge is 0.151 e. The lowest BCUT2D eigenvalue weighted by Crippen LogP contribution is -2.24. The molecule has 0 radical (unpaired) electrons. The van der Waals surface area contributed by atoms with Crippen molar-refractivity contribution in [2.75, 3.05) is 7.05 Å². The molecule has 4 nitrogen and oxygen atoms in total. The van der Waals surface area contributed by atoms with E-state index < -0.39 is 0 Å². The van der Waals surface area contributed by atoms with E-state index in [1.165, 1.54) is 0 Å². The number of nitrogens with one attached hydrogen (secondary N) is 1. The van der Waals surface area contributed by atoms with Crippen LogP contribution in [0.5, 0.6) is 0 Å². The van der Waals surface area contributed by atoms with Gasteiger partial charge in [0.2, 0.25) is 0 Å². The Morgan fingerprint density at radius 2 is 2.26 bits per heavy atom. The van der Waals surface area contributed by atoms with E-state index in [1.54, 1.807) is 13.4 Å². The number of aliphatic imine (C=N–C) groups is 1. The molecule has 0 bridgehead atoms. The molecule has 0 aliphatic carbocycles. The molecule has 2 aromatic heterocycles. The lowest BCUT2D eigenvalue weighted by atomic mass is 10.2. The van der Waals surface area contributed by atoms with Crippen molar-refractivity contribution in [1.82, 2.24) is 14.7 Å². The van der Waals surface area contributed by atoms with Gasteiger partial charge in [-0.1, -0.05) is 12.7 Å². The molecule has 0 saturated heterocycles. The summed E-state index contributed by atoms with van der Waals surface area (Å²) in [6.07, 6.45) is 5.57. The Hall–Kier alpha value is -2.36. The Balaban J connectivity index is 2.34. The van der Waals surface area contributed by atoms with Crippen molar-refractivity contribution in [2.24, 2.45) is 4.99 Å². The highest BCUT2D eigenvalue weighted by molar-refractivity contribution is 5.98. The number of rotatable bonds is 3. The average molecular weight is 254 g/mol. The molecule has 0 atom stereocenters. The molecule has 0 amide bonds. The molecular formula is C15H18N4. The molecule has 2 heterocycles. The molecule has 2 rings (SSSR count). The first-order valence-electron chi connectivity index (χ1n) is 6.12. The van der Waals surface area contributed by atoms with Crippen LogP contribution in [-0.4, -0.2) is 22.3 Å². The van der Waals surface area contributed by atoms with Gasteiger partial charge in [-0.25, -0.2) is 4.98 Å². The molecule has 0 unspecified atom stereocenters. The summed E-state index contributed by atoms with van der Waals surface area (Å²) >= 11 is 0. The van der Waals surface area contributed by atoms with Gasteiger partial charge in [0, 0.05) is 24.5 Å². The maximum atomic E-state index is 4.41. The van der Waals surface area contributed by atoms with E-state index in [0.717, 1.165) is 28.3 Å². The number of amidine groups is 1. The van der Waals surface area contributed by atoms with Gasteiger partial charge in [-0.2, -0.15) is 0 Å². The summed E-state index contributed by atoms with van der Waals surface area (Å²) in [7, 11) is 1.75. The summed E-state index contributed by atoms with van der Waals surface area (Å²) in [4.78, 5) is 8.68. The number of hydrogen-bond acceptors (Lipinski definition) is 2. The highest BCUT2D eigenvalue weighted by atomic mass is 15.0. The zero-order valence-corrected chi connectivity index (χ0v) is 11.5. The van der Waals surface area contributed by atoms with Crippen LogP contribution < -0.4 is 5.32 Å². The van der Waals surface area contributed by atoms with E-state index in [1.807, 2.05) is 48.7 Å². The summed E-state index contributed by atoms with van der Waals surface area (Å²) in [5.74, 6) is 0.752. The Morgan fingerprint density at radius 1 is 1.47 bits per heavy atom. The minimum absolute atomic E-state index is 0.752. The molecule has 19 heavy (non-hydrogen) atoms. The second kappa shape index (κ2) is 5.52. The number of nitrogens with zero attached hydrogens (tertiary/aromatic N) is 3. The van der Waals surface area contributed by atoms with Crippen LogP contribution in [0.1, 0.15) is 19.5 Å². The van der Waals surface area contributed by atoms with Crippen LogP contribution in [0.15, 0.2) is 59.6 Å². The summed E-state index contributed by atoms with van der Waals surface area (Å²) in [6.45, 7) is 7.77. The van der Waals surface area contributed by atoms with Crippen molar-refractivity contribution in [2.45, 2.75) is 13.8 Å². The monoisotopic (exact) mass is 254 g/mol. The third-order valence-corrected chi connectivity index (χ3v) is 3.09. The minimum atomic E-state index is 0.752. The van der Waals surface area contributed by atoms with Gasteiger partial charge >= 0.3 is 0 Å². The second-order valence-corrected chi connectivity index (χ2v) is 4.32. The Kier molecular flexibility index (Phi) is 3.80. The zero-order chi connectivity index (χ0) is 13.8. The largest absolute Gasteiger partial charge is 0.342 e. The summed E-state index contributed by atoms with van der Waals surface area (Å²) in [5, 5.41) is 3.28. The molecule has 0 aliphatic heterocycles. The Bertz CT molecular complexity index is 662. The van der Waals surface area contributed by atoms with Crippen molar-refractivity contribution < 1.29 is 0 Å². The molecule has 98 valence electrons. The number of allylic oxidation sites excluding steroid dienone is 3. The second-order valence-electron chi connectivity index (χ2n) is 4.32. The SMILES string of the molecule is C=C/C(C)=C(\C)NC(=NC)c1cc2cccn2cn1. The lowest BCUT2D eigenvalue weighted by molar-refractivity contribution is 1.03. The zero-order valence-electron chi connectivity index (χ0n) is 11.5. The standard InChI is InChI=1S/C15H18N4/c1-5-11(2)12(3)18-15(16-4)14-9-13-7-6-8-19(13)10-17-14/h5-10H,1H2,2-4H3,(H,16,18)/b12-11+. The summed E-state index contributed by atoms with van der Waals surface area (Å²) in [5.41, 5.74) is 4.03. The highest BCUT2D eigenvalue weighted by Crippen LogP contribution is 2.07. The summed E-state index contributed by atoms with van der Waals surface area (Å²) < 4.78 is 1.97. The third kappa shape index (κ3) is 2.73. The van der Waals surface area contributed by atoms with E-state index in [9.17, 15) is 0 Å².